The van der Waals surface area contributed by atoms with E-state index in [0.717, 1.165) is 0 Å². The van der Waals surface area contributed by atoms with Crippen molar-refractivity contribution in [3.63, 3.8) is 0 Å². The van der Waals surface area contributed by atoms with Crippen molar-refractivity contribution in [2.45, 2.75) is 12.8 Å². The number of rotatable bonds is 3. The summed E-state index contributed by atoms with van der Waals surface area (Å²) in [6.07, 6.45) is 2.46. The summed E-state index contributed by atoms with van der Waals surface area (Å²) in [4.78, 5) is 29.5. The molecule has 2 aromatic rings. The number of carbonyl (C=O) groups is 2. The molecule has 0 saturated carbocycles. The Kier molecular flexibility index (Phi) is 4.78. The number of aromatic nitrogens is 1. The molecular weight excluding hydrogens is 353 g/mol. The molecule has 1 aromatic carbocycles. The molecule has 2 heterocycles. The Morgan fingerprint density at radius 3 is 2.54 bits per heavy atom. The average molecular weight is 368 g/mol. The number of nitrogens with zero attached hydrogens (tertiary/aromatic N) is 2. The van der Waals surface area contributed by atoms with Crippen LogP contribution in [0.15, 0.2) is 28.9 Å². The van der Waals surface area contributed by atoms with Gasteiger partial charge in [0.2, 0.25) is 11.8 Å². The molecule has 2 N–H and O–H groups in total. The number of hydrogen-bond acceptors (Lipinski definition) is 4. The van der Waals surface area contributed by atoms with Crippen LogP contribution in [0.5, 0.6) is 0 Å². The minimum atomic E-state index is -0.314. The van der Waals surface area contributed by atoms with Crippen LogP contribution >= 0.6 is 23.2 Å². The fourth-order valence-corrected chi connectivity index (χ4v) is 2.96. The molecule has 0 unspecified atom stereocenters. The summed E-state index contributed by atoms with van der Waals surface area (Å²) in [5, 5.41) is 0.814. The van der Waals surface area contributed by atoms with Gasteiger partial charge in [-0.3, -0.25) is 9.59 Å². The van der Waals surface area contributed by atoms with Gasteiger partial charge in [-0.15, -0.1) is 0 Å². The predicted octanol–water partition coefficient (Wildman–Crippen LogP) is 2.99. The maximum absolute atomic E-state index is 12.5. The zero-order valence-electron chi connectivity index (χ0n) is 12.7. The zero-order valence-corrected chi connectivity index (χ0v) is 14.2. The van der Waals surface area contributed by atoms with Crippen LogP contribution in [0.1, 0.15) is 23.3 Å². The van der Waals surface area contributed by atoms with E-state index in [4.69, 9.17) is 33.4 Å². The first kappa shape index (κ1) is 16.8. The summed E-state index contributed by atoms with van der Waals surface area (Å²) >= 11 is 11.9. The number of benzene rings is 1. The number of oxazole rings is 1. The lowest BCUT2D eigenvalue weighted by Crippen LogP contribution is -2.41. The number of halogens is 2. The Labute approximate surface area is 148 Å². The van der Waals surface area contributed by atoms with Gasteiger partial charge in [-0.2, -0.15) is 0 Å². The van der Waals surface area contributed by atoms with E-state index in [0.29, 0.717) is 47.4 Å². The first-order chi connectivity index (χ1) is 11.5. The molecule has 0 radical (unpaired) electrons. The number of likely N-dealkylation sites (tertiary alicyclic amines) is 1. The van der Waals surface area contributed by atoms with E-state index in [1.165, 1.54) is 6.26 Å². The summed E-state index contributed by atoms with van der Waals surface area (Å²) in [5.41, 5.74) is 6.15. The fourth-order valence-electron chi connectivity index (χ4n) is 2.66. The number of piperidine rings is 1. The van der Waals surface area contributed by atoms with Crippen LogP contribution < -0.4 is 5.73 Å². The highest BCUT2D eigenvalue weighted by molar-refractivity contribution is 6.42. The molecule has 3 rings (SSSR count). The Morgan fingerprint density at radius 2 is 1.92 bits per heavy atom. The van der Waals surface area contributed by atoms with E-state index < -0.39 is 0 Å². The van der Waals surface area contributed by atoms with Gasteiger partial charge < -0.3 is 15.1 Å². The van der Waals surface area contributed by atoms with Crippen LogP contribution in [0.25, 0.3) is 11.5 Å². The standard InChI is InChI=1S/C16H15Cl2N3O3/c17-11-2-1-10(7-12(11)18)15-20-13(8-24-15)16(23)21-5-3-9(4-6-21)14(19)22/h1-2,7-9H,3-6H2,(H2,19,22). The third-order valence-electron chi connectivity index (χ3n) is 4.07. The average Bonchev–Trinajstić information content (AvgIpc) is 3.07. The monoisotopic (exact) mass is 367 g/mol. The quantitative estimate of drug-likeness (QED) is 0.902. The van der Waals surface area contributed by atoms with Crippen molar-refractivity contribution in [3.8, 4) is 11.5 Å². The van der Waals surface area contributed by atoms with E-state index in [9.17, 15) is 9.59 Å². The minimum absolute atomic E-state index is 0.168. The summed E-state index contributed by atoms with van der Waals surface area (Å²) in [7, 11) is 0. The summed E-state index contributed by atoms with van der Waals surface area (Å²) in [5.74, 6) is -0.416. The van der Waals surface area contributed by atoms with Crippen LogP contribution in [-0.4, -0.2) is 34.8 Å². The van der Waals surface area contributed by atoms with Gasteiger partial charge in [0.1, 0.15) is 6.26 Å². The lowest BCUT2D eigenvalue weighted by Gasteiger charge is -2.29. The molecule has 1 aliphatic rings. The van der Waals surface area contributed by atoms with Crippen LogP contribution in [0.3, 0.4) is 0 Å². The van der Waals surface area contributed by atoms with Gasteiger partial charge >= 0.3 is 0 Å². The Bertz CT molecular complexity index is 783. The highest BCUT2D eigenvalue weighted by atomic mass is 35.5. The summed E-state index contributed by atoms with van der Waals surface area (Å²) in [6.45, 7) is 0.947. The molecule has 1 fully saturated rings. The maximum Gasteiger partial charge on any atom is 0.275 e. The van der Waals surface area contributed by atoms with Crippen LogP contribution in [0.4, 0.5) is 0 Å². The topological polar surface area (TPSA) is 89.4 Å². The Hall–Kier alpha value is -2.05. The van der Waals surface area contributed by atoms with Gasteiger partial charge in [-0.05, 0) is 31.0 Å². The summed E-state index contributed by atoms with van der Waals surface area (Å²) in [6, 6.07) is 4.98. The lowest BCUT2D eigenvalue weighted by atomic mass is 9.96. The van der Waals surface area contributed by atoms with Gasteiger partial charge in [-0.25, -0.2) is 4.98 Å². The highest BCUT2D eigenvalue weighted by Gasteiger charge is 2.28. The summed E-state index contributed by atoms with van der Waals surface area (Å²) < 4.78 is 5.38. The van der Waals surface area contributed by atoms with Gasteiger partial charge in [0.25, 0.3) is 5.91 Å². The smallest absolute Gasteiger partial charge is 0.275 e. The van der Waals surface area contributed by atoms with Crippen LogP contribution in [0.2, 0.25) is 10.0 Å². The molecule has 0 spiro atoms. The molecule has 24 heavy (non-hydrogen) atoms. The van der Waals surface area contributed by atoms with Gasteiger partial charge in [-0.1, -0.05) is 23.2 Å². The molecule has 6 nitrogen and oxygen atoms in total. The molecule has 1 saturated heterocycles. The normalized spacial score (nSPS) is 15.5. The maximum atomic E-state index is 12.5. The van der Waals surface area contributed by atoms with Crippen LogP contribution in [-0.2, 0) is 4.79 Å². The second-order valence-electron chi connectivity index (χ2n) is 5.64. The van der Waals surface area contributed by atoms with Crippen molar-refractivity contribution < 1.29 is 14.0 Å². The van der Waals surface area contributed by atoms with Crippen molar-refractivity contribution in [1.29, 1.82) is 0 Å². The molecule has 8 heteroatoms. The van der Waals surface area contributed by atoms with Gasteiger partial charge in [0.05, 0.1) is 10.0 Å². The molecule has 0 aliphatic carbocycles. The van der Waals surface area contributed by atoms with E-state index in [-0.39, 0.29) is 23.4 Å². The van der Waals surface area contributed by atoms with Crippen molar-refractivity contribution in [1.82, 2.24) is 9.88 Å². The number of amides is 2. The van der Waals surface area contributed by atoms with Crippen molar-refractivity contribution in [2.75, 3.05) is 13.1 Å². The molecule has 1 aliphatic heterocycles. The molecule has 1 aromatic heterocycles. The number of nitrogens with two attached hydrogens (primary N) is 1. The lowest BCUT2D eigenvalue weighted by molar-refractivity contribution is -0.123. The molecular formula is C16H15Cl2N3O3. The second kappa shape index (κ2) is 6.83. The number of hydrogen-bond donors (Lipinski definition) is 1. The second-order valence-corrected chi connectivity index (χ2v) is 6.45. The van der Waals surface area contributed by atoms with E-state index in [1.54, 1.807) is 23.1 Å². The number of carbonyl (C=O) groups excluding carboxylic acids is 2. The van der Waals surface area contributed by atoms with Crippen LogP contribution in [0, 0.1) is 5.92 Å². The van der Waals surface area contributed by atoms with E-state index in [2.05, 4.69) is 4.98 Å². The third kappa shape index (κ3) is 3.39. The van der Waals surface area contributed by atoms with Gasteiger partial charge in [0, 0.05) is 24.6 Å². The van der Waals surface area contributed by atoms with Gasteiger partial charge in [0.15, 0.2) is 5.69 Å². The first-order valence-corrected chi connectivity index (χ1v) is 8.21. The molecule has 0 bridgehead atoms. The largest absolute Gasteiger partial charge is 0.444 e. The van der Waals surface area contributed by atoms with E-state index >= 15 is 0 Å². The predicted molar refractivity (Wildman–Crippen MR) is 89.8 cm³/mol. The third-order valence-corrected chi connectivity index (χ3v) is 4.81. The zero-order chi connectivity index (χ0) is 17.3. The van der Waals surface area contributed by atoms with E-state index in [1.807, 2.05) is 0 Å². The highest BCUT2D eigenvalue weighted by Crippen LogP contribution is 2.28. The Morgan fingerprint density at radius 1 is 1.21 bits per heavy atom. The molecule has 126 valence electrons. The SMILES string of the molecule is NC(=O)C1CCN(C(=O)c2coc(-c3ccc(Cl)c(Cl)c3)n2)CC1. The van der Waals surface area contributed by atoms with Crippen molar-refractivity contribution in [3.05, 3.63) is 40.2 Å². The number of primary amides is 1. The first-order valence-electron chi connectivity index (χ1n) is 7.45. The van der Waals surface area contributed by atoms with Crippen molar-refractivity contribution in [2.24, 2.45) is 11.7 Å². The molecule has 0 atom stereocenters. The molecule has 2 amide bonds. The fraction of sp³-hybridized carbons (Fsp3) is 0.312. The van der Waals surface area contributed by atoms with Crippen molar-refractivity contribution >= 4 is 35.0 Å². The minimum Gasteiger partial charge on any atom is -0.444 e. The Balaban J connectivity index is 1.72.